The zero-order chi connectivity index (χ0) is 21.6. The van der Waals surface area contributed by atoms with Gasteiger partial charge in [0.05, 0.1) is 18.3 Å². The molecule has 1 heterocycles. The van der Waals surface area contributed by atoms with E-state index in [0.717, 1.165) is 18.4 Å². The molecule has 0 bridgehead atoms. The standard InChI is InChI=1S/C20H30O8S.Na/c1-12-4-7-16-19(2,14(12)6-5-13-15(22)10-27-18(13)23)9-8-17(20(16,3)11-21)28-29(24,25)26;/h5,15-17,21-22H,4,6-11H2,1-3H3,(H,24,25,26);/q;+1/p-1/b13-5+;/t15-,16+,17-,19+,20+;/m1./s1. The SMILES string of the molecule is CC1=C(C/C=C2/C(=O)OC[C@H]2O)[C@]2(C)CC[C@@H](OS(=O)(=O)[O-])[C@@](C)(CO)[C@H]2CC1.[Na+]. The van der Waals surface area contributed by atoms with Gasteiger partial charge in [0, 0.05) is 5.41 Å². The van der Waals surface area contributed by atoms with Gasteiger partial charge in [-0.05, 0) is 50.4 Å². The first kappa shape index (κ1) is 26.0. The van der Waals surface area contributed by atoms with Crippen LogP contribution in [0.15, 0.2) is 22.8 Å². The van der Waals surface area contributed by atoms with E-state index in [4.69, 9.17) is 8.92 Å². The average molecular weight is 453 g/mol. The Kier molecular flexibility index (Phi) is 8.07. The van der Waals surface area contributed by atoms with E-state index in [1.165, 1.54) is 5.57 Å². The van der Waals surface area contributed by atoms with Crippen molar-refractivity contribution in [2.75, 3.05) is 13.2 Å². The molecule has 2 fully saturated rings. The number of rotatable bonds is 5. The van der Waals surface area contributed by atoms with Crippen molar-refractivity contribution in [1.82, 2.24) is 0 Å². The molecule has 164 valence electrons. The second-order valence-electron chi connectivity index (χ2n) is 8.94. The Morgan fingerprint density at radius 3 is 2.53 bits per heavy atom. The Hall–Kier alpha value is -0.260. The van der Waals surface area contributed by atoms with Crippen LogP contribution in [-0.4, -0.2) is 54.6 Å². The number of ether oxygens (including phenoxy) is 1. The summed E-state index contributed by atoms with van der Waals surface area (Å²) in [5.74, 6) is -0.607. The van der Waals surface area contributed by atoms with Gasteiger partial charge in [0.15, 0.2) is 0 Å². The van der Waals surface area contributed by atoms with E-state index < -0.39 is 34.0 Å². The molecule has 3 rings (SSSR count). The first-order chi connectivity index (χ1) is 13.4. The van der Waals surface area contributed by atoms with E-state index in [1.807, 2.05) is 6.92 Å². The van der Waals surface area contributed by atoms with Crippen molar-refractivity contribution < 1.29 is 66.5 Å². The molecule has 0 unspecified atom stereocenters. The number of allylic oxidation sites excluding steroid dienone is 3. The molecule has 1 saturated carbocycles. The van der Waals surface area contributed by atoms with Gasteiger partial charge in [0.2, 0.25) is 10.4 Å². The van der Waals surface area contributed by atoms with Crippen LogP contribution in [0, 0.1) is 16.7 Å². The summed E-state index contributed by atoms with van der Waals surface area (Å²) in [5, 5.41) is 20.1. The third-order valence-corrected chi connectivity index (χ3v) is 7.77. The molecule has 30 heavy (non-hydrogen) atoms. The number of carbonyl (C=O) groups excluding carboxylic acids is 1. The van der Waals surface area contributed by atoms with Crippen LogP contribution in [0.5, 0.6) is 0 Å². The number of esters is 1. The van der Waals surface area contributed by atoms with Crippen molar-refractivity contribution in [2.45, 2.75) is 65.1 Å². The van der Waals surface area contributed by atoms with Crippen LogP contribution in [0.4, 0.5) is 0 Å². The second kappa shape index (κ2) is 9.31. The maximum atomic E-state index is 11.8. The third-order valence-electron chi connectivity index (χ3n) is 7.31. The summed E-state index contributed by atoms with van der Waals surface area (Å²) >= 11 is 0. The van der Waals surface area contributed by atoms with E-state index >= 15 is 0 Å². The zero-order valence-corrected chi connectivity index (χ0v) is 20.8. The Labute approximate surface area is 200 Å². The summed E-state index contributed by atoms with van der Waals surface area (Å²) in [4.78, 5) is 11.8. The van der Waals surface area contributed by atoms with E-state index in [2.05, 4.69) is 6.92 Å². The molecule has 3 aliphatic rings. The van der Waals surface area contributed by atoms with Gasteiger partial charge >= 0.3 is 35.5 Å². The first-order valence-electron chi connectivity index (χ1n) is 9.91. The molecule has 8 nitrogen and oxygen atoms in total. The van der Waals surface area contributed by atoms with Gasteiger partial charge in [-0.3, -0.25) is 4.18 Å². The maximum Gasteiger partial charge on any atom is 1.00 e. The Bertz CT molecular complexity index is 851. The van der Waals surface area contributed by atoms with E-state index in [9.17, 15) is 28.0 Å². The molecular formula is C20H29NaO8S. The predicted molar refractivity (Wildman–Crippen MR) is 102 cm³/mol. The van der Waals surface area contributed by atoms with Gasteiger partial charge in [-0.15, -0.1) is 0 Å². The van der Waals surface area contributed by atoms with Crippen LogP contribution in [-0.2, 0) is 24.1 Å². The van der Waals surface area contributed by atoms with Crippen LogP contribution in [0.2, 0.25) is 0 Å². The minimum absolute atomic E-state index is 0. The molecule has 10 heteroatoms. The summed E-state index contributed by atoms with van der Waals surface area (Å²) < 4.78 is 43.4. The van der Waals surface area contributed by atoms with Gasteiger partial charge in [-0.2, -0.15) is 0 Å². The maximum absolute atomic E-state index is 11.8. The molecule has 0 amide bonds. The molecule has 0 aromatic carbocycles. The van der Waals surface area contributed by atoms with Gasteiger partial charge in [-0.1, -0.05) is 31.1 Å². The first-order valence-corrected chi connectivity index (χ1v) is 11.2. The summed E-state index contributed by atoms with van der Waals surface area (Å²) in [6.07, 6.45) is 2.80. The largest absolute Gasteiger partial charge is 1.00 e. The fourth-order valence-corrected chi connectivity index (χ4v) is 6.31. The zero-order valence-electron chi connectivity index (χ0n) is 18.0. The van der Waals surface area contributed by atoms with Crippen LogP contribution in [0.25, 0.3) is 0 Å². The van der Waals surface area contributed by atoms with E-state index in [0.29, 0.717) is 19.3 Å². The summed E-state index contributed by atoms with van der Waals surface area (Å²) in [6.45, 7) is 5.58. The van der Waals surface area contributed by atoms with Gasteiger partial charge < -0.3 is 19.5 Å². The molecule has 0 aromatic rings. The fraction of sp³-hybridized carbons (Fsp3) is 0.750. The molecule has 2 aliphatic carbocycles. The Morgan fingerprint density at radius 2 is 2.00 bits per heavy atom. The molecular weight excluding hydrogens is 423 g/mol. The van der Waals surface area contributed by atoms with E-state index in [-0.39, 0.29) is 59.7 Å². The second-order valence-corrected chi connectivity index (χ2v) is 9.95. The molecule has 2 N–H and O–H groups in total. The van der Waals surface area contributed by atoms with Gasteiger partial charge in [-0.25, -0.2) is 13.2 Å². The molecule has 0 spiro atoms. The van der Waals surface area contributed by atoms with Crippen molar-refractivity contribution in [3.05, 3.63) is 22.8 Å². The number of hydrogen-bond donors (Lipinski definition) is 2. The minimum atomic E-state index is -4.88. The van der Waals surface area contributed by atoms with Crippen LogP contribution < -0.4 is 29.6 Å². The summed E-state index contributed by atoms with van der Waals surface area (Å²) in [6, 6.07) is 0. The Balaban J connectivity index is 0.00000320. The smallest absolute Gasteiger partial charge is 0.726 e. The number of fused-ring (bicyclic) bond motifs is 1. The van der Waals surface area contributed by atoms with Crippen molar-refractivity contribution in [1.29, 1.82) is 0 Å². The summed E-state index contributed by atoms with van der Waals surface area (Å²) in [7, 11) is -4.88. The number of aliphatic hydroxyl groups is 2. The average Bonchev–Trinajstić information content (AvgIpc) is 2.94. The third kappa shape index (κ3) is 4.73. The number of carbonyl (C=O) groups is 1. The van der Waals surface area contributed by atoms with Gasteiger partial charge in [0.25, 0.3) is 0 Å². The van der Waals surface area contributed by atoms with Crippen LogP contribution in [0.3, 0.4) is 0 Å². The quantitative estimate of drug-likeness (QED) is 0.130. The van der Waals surface area contributed by atoms with Crippen molar-refractivity contribution in [2.24, 2.45) is 16.7 Å². The number of hydrogen-bond acceptors (Lipinski definition) is 8. The predicted octanol–water partition coefficient (Wildman–Crippen LogP) is -1.40. The fourth-order valence-electron chi connectivity index (χ4n) is 5.71. The molecule has 1 aliphatic heterocycles. The topological polar surface area (TPSA) is 133 Å². The number of aliphatic hydroxyl groups excluding tert-OH is 2. The molecule has 0 radical (unpaired) electrons. The monoisotopic (exact) mass is 452 g/mol. The molecule has 0 aromatic heterocycles. The molecule has 5 atom stereocenters. The summed E-state index contributed by atoms with van der Waals surface area (Å²) in [5.41, 5.74) is 1.33. The van der Waals surface area contributed by atoms with E-state index in [1.54, 1.807) is 13.0 Å². The number of cyclic esters (lactones) is 1. The normalized spacial score (nSPS) is 38.3. The van der Waals surface area contributed by atoms with Crippen molar-refractivity contribution in [3.63, 3.8) is 0 Å². The van der Waals surface area contributed by atoms with Gasteiger partial charge in [0.1, 0.15) is 12.7 Å². The van der Waals surface area contributed by atoms with Crippen molar-refractivity contribution in [3.8, 4) is 0 Å². The Morgan fingerprint density at radius 1 is 1.33 bits per heavy atom. The minimum Gasteiger partial charge on any atom is -0.726 e. The van der Waals surface area contributed by atoms with Crippen molar-refractivity contribution >= 4 is 16.4 Å². The molecule has 1 saturated heterocycles. The van der Waals surface area contributed by atoms with Crippen LogP contribution >= 0.6 is 0 Å². The van der Waals surface area contributed by atoms with Crippen LogP contribution in [0.1, 0.15) is 52.9 Å².